The fourth-order valence-corrected chi connectivity index (χ4v) is 4.69. The van der Waals surface area contributed by atoms with E-state index in [0.717, 1.165) is 12.8 Å². The number of amides is 3. The molecule has 1 saturated heterocycles. The van der Waals surface area contributed by atoms with Gasteiger partial charge in [-0.3, -0.25) is 25.2 Å². The highest BCUT2D eigenvalue weighted by molar-refractivity contribution is 7.89. The van der Waals surface area contributed by atoms with Crippen LogP contribution in [-0.2, 0) is 14.8 Å². The van der Waals surface area contributed by atoms with Gasteiger partial charge in [-0.25, -0.2) is 8.42 Å². The Bertz CT molecular complexity index is 1150. The van der Waals surface area contributed by atoms with E-state index in [2.05, 4.69) is 16.2 Å². The molecule has 2 aromatic rings. The van der Waals surface area contributed by atoms with E-state index in [1.165, 1.54) is 34.6 Å². The van der Waals surface area contributed by atoms with Crippen molar-refractivity contribution in [3.63, 3.8) is 0 Å². The Labute approximate surface area is 193 Å². The molecule has 3 rings (SSSR count). The summed E-state index contributed by atoms with van der Waals surface area (Å²) in [7, 11) is -3.56. The molecule has 1 heterocycles. The van der Waals surface area contributed by atoms with E-state index in [0.29, 0.717) is 18.8 Å². The molecule has 0 bridgehead atoms. The Morgan fingerprint density at radius 3 is 2.00 bits per heavy atom. The van der Waals surface area contributed by atoms with E-state index in [4.69, 9.17) is 0 Å². The van der Waals surface area contributed by atoms with Gasteiger partial charge >= 0.3 is 0 Å². The lowest BCUT2D eigenvalue weighted by Crippen LogP contribution is -2.41. The Balaban J connectivity index is 1.60. The van der Waals surface area contributed by atoms with Crippen LogP contribution >= 0.6 is 0 Å². The number of hydrazine groups is 1. The van der Waals surface area contributed by atoms with Crippen molar-refractivity contribution in [3.05, 3.63) is 59.7 Å². The molecule has 9 nitrogen and oxygen atoms in total. The number of hydrogen-bond acceptors (Lipinski definition) is 5. The van der Waals surface area contributed by atoms with E-state index in [-0.39, 0.29) is 21.9 Å². The van der Waals surface area contributed by atoms with E-state index in [9.17, 15) is 22.8 Å². The summed E-state index contributed by atoms with van der Waals surface area (Å²) in [5.41, 5.74) is 4.94. The smallest absolute Gasteiger partial charge is 0.269 e. The topological polar surface area (TPSA) is 125 Å². The second kappa shape index (κ2) is 9.72. The van der Waals surface area contributed by atoms with Crippen LogP contribution in [0.15, 0.2) is 53.4 Å². The highest BCUT2D eigenvalue weighted by Gasteiger charge is 2.27. The zero-order valence-corrected chi connectivity index (χ0v) is 19.7. The van der Waals surface area contributed by atoms with Gasteiger partial charge in [-0.1, -0.05) is 26.8 Å². The minimum atomic E-state index is -3.56. The second-order valence-electron chi connectivity index (χ2n) is 8.83. The number of carbonyl (C=O) groups is 3. The summed E-state index contributed by atoms with van der Waals surface area (Å²) in [6.07, 6.45) is 1.68. The molecule has 176 valence electrons. The van der Waals surface area contributed by atoms with Gasteiger partial charge in [0.2, 0.25) is 15.9 Å². The Morgan fingerprint density at radius 1 is 0.848 bits per heavy atom. The monoisotopic (exact) mass is 472 g/mol. The maximum atomic E-state index is 12.6. The number of rotatable bonds is 5. The van der Waals surface area contributed by atoms with Crippen LogP contribution < -0.4 is 16.2 Å². The van der Waals surface area contributed by atoms with Crippen molar-refractivity contribution in [2.45, 2.75) is 38.5 Å². The lowest BCUT2D eigenvalue weighted by Gasteiger charge is -2.18. The van der Waals surface area contributed by atoms with Crippen molar-refractivity contribution in [1.29, 1.82) is 0 Å². The van der Waals surface area contributed by atoms with Gasteiger partial charge in [-0.15, -0.1) is 0 Å². The van der Waals surface area contributed by atoms with Crippen molar-refractivity contribution in [2.24, 2.45) is 5.41 Å². The van der Waals surface area contributed by atoms with Crippen LogP contribution in [-0.4, -0.2) is 43.5 Å². The molecule has 0 aliphatic carbocycles. The minimum absolute atomic E-state index is 0.124. The summed E-state index contributed by atoms with van der Waals surface area (Å²) in [6, 6.07) is 11.9. The number of carbonyl (C=O) groups excluding carboxylic acids is 3. The van der Waals surface area contributed by atoms with Crippen LogP contribution in [0.5, 0.6) is 0 Å². The quantitative estimate of drug-likeness (QED) is 0.577. The number of hydrogen-bond donors (Lipinski definition) is 3. The third-order valence-corrected chi connectivity index (χ3v) is 7.09. The molecule has 3 amide bonds. The van der Waals surface area contributed by atoms with Gasteiger partial charge in [-0.05, 0) is 55.3 Å². The summed E-state index contributed by atoms with van der Waals surface area (Å²) in [5, 5.41) is 2.75. The van der Waals surface area contributed by atoms with E-state index in [1.807, 2.05) is 0 Å². The minimum Gasteiger partial charge on any atom is -0.326 e. The molecule has 0 spiro atoms. The normalized spacial score (nSPS) is 14.5. The first-order chi connectivity index (χ1) is 15.5. The van der Waals surface area contributed by atoms with Crippen LogP contribution in [0, 0.1) is 5.41 Å². The predicted octanol–water partition coefficient (Wildman–Crippen LogP) is 2.53. The van der Waals surface area contributed by atoms with Gasteiger partial charge in [0.1, 0.15) is 0 Å². The molecular weight excluding hydrogens is 444 g/mol. The van der Waals surface area contributed by atoms with E-state index in [1.54, 1.807) is 39.0 Å². The molecule has 10 heteroatoms. The molecule has 0 radical (unpaired) electrons. The molecule has 0 aromatic heterocycles. The van der Waals surface area contributed by atoms with E-state index >= 15 is 0 Å². The number of benzene rings is 2. The van der Waals surface area contributed by atoms with Crippen molar-refractivity contribution in [2.75, 3.05) is 18.4 Å². The highest BCUT2D eigenvalue weighted by Crippen LogP contribution is 2.21. The van der Waals surface area contributed by atoms with Crippen molar-refractivity contribution < 1.29 is 22.8 Å². The molecule has 3 N–H and O–H groups in total. The van der Waals surface area contributed by atoms with Crippen molar-refractivity contribution >= 4 is 33.4 Å². The molecule has 0 unspecified atom stereocenters. The molecule has 2 aromatic carbocycles. The first-order valence-corrected chi connectivity index (χ1v) is 12.0. The summed E-state index contributed by atoms with van der Waals surface area (Å²) < 4.78 is 26.6. The van der Waals surface area contributed by atoms with Crippen molar-refractivity contribution in [1.82, 2.24) is 15.2 Å². The van der Waals surface area contributed by atoms with Crippen LogP contribution in [0.2, 0.25) is 0 Å². The third-order valence-electron chi connectivity index (χ3n) is 5.17. The van der Waals surface area contributed by atoms with Crippen LogP contribution in [0.1, 0.15) is 54.3 Å². The zero-order valence-electron chi connectivity index (χ0n) is 18.8. The lowest BCUT2D eigenvalue weighted by molar-refractivity contribution is -0.123. The molecule has 1 aliphatic heterocycles. The summed E-state index contributed by atoms with van der Waals surface area (Å²) in [5.74, 6) is -1.35. The molecular formula is C23H28N4O5S. The summed E-state index contributed by atoms with van der Waals surface area (Å²) in [6.45, 7) is 6.34. The number of nitrogens with zero attached hydrogens (tertiary/aromatic N) is 1. The maximum absolute atomic E-state index is 12.6. The van der Waals surface area contributed by atoms with Gasteiger partial charge in [0, 0.05) is 35.3 Å². The number of nitrogens with one attached hydrogen (secondary N) is 3. The van der Waals surface area contributed by atoms with E-state index < -0.39 is 27.3 Å². The van der Waals surface area contributed by atoms with Crippen molar-refractivity contribution in [3.8, 4) is 0 Å². The highest BCUT2D eigenvalue weighted by atomic mass is 32.2. The van der Waals surface area contributed by atoms with Crippen LogP contribution in [0.4, 0.5) is 5.69 Å². The number of anilines is 1. The van der Waals surface area contributed by atoms with Gasteiger partial charge in [-0.2, -0.15) is 4.31 Å². The first kappa shape index (κ1) is 24.4. The Kier molecular flexibility index (Phi) is 7.19. The Morgan fingerprint density at radius 2 is 1.42 bits per heavy atom. The zero-order chi connectivity index (χ0) is 24.2. The second-order valence-corrected chi connectivity index (χ2v) is 10.8. The fraction of sp³-hybridized carbons (Fsp3) is 0.348. The van der Waals surface area contributed by atoms with Crippen LogP contribution in [0.25, 0.3) is 0 Å². The Hall–Kier alpha value is -3.24. The number of sulfonamides is 1. The molecule has 0 atom stereocenters. The van der Waals surface area contributed by atoms with Gasteiger partial charge in [0.25, 0.3) is 11.8 Å². The summed E-state index contributed by atoms with van der Waals surface area (Å²) in [4.78, 5) is 37.1. The molecule has 1 aliphatic rings. The van der Waals surface area contributed by atoms with Gasteiger partial charge in [0.15, 0.2) is 0 Å². The van der Waals surface area contributed by atoms with Crippen LogP contribution in [0.3, 0.4) is 0 Å². The average molecular weight is 473 g/mol. The molecule has 33 heavy (non-hydrogen) atoms. The predicted molar refractivity (Wildman–Crippen MR) is 124 cm³/mol. The van der Waals surface area contributed by atoms with Gasteiger partial charge in [0.05, 0.1) is 4.90 Å². The lowest BCUT2D eigenvalue weighted by atomic mass is 9.95. The largest absolute Gasteiger partial charge is 0.326 e. The standard InChI is InChI=1S/C23H28N4O5S/c1-23(2,3)22(30)24-18-8-6-7-17(15-18)21(29)26-25-20(28)16-9-11-19(12-10-16)33(31,32)27-13-4-5-14-27/h6-12,15H,4-5,13-14H2,1-3H3,(H,24,30)(H,25,28)(H,26,29). The van der Waals surface area contributed by atoms with Gasteiger partial charge < -0.3 is 5.32 Å². The third kappa shape index (κ3) is 5.96. The fourth-order valence-electron chi connectivity index (χ4n) is 3.17. The molecule has 0 saturated carbocycles. The molecule has 1 fully saturated rings. The first-order valence-electron chi connectivity index (χ1n) is 10.6. The SMILES string of the molecule is CC(C)(C)C(=O)Nc1cccc(C(=O)NNC(=O)c2ccc(S(=O)(=O)N3CCCC3)cc2)c1. The average Bonchev–Trinajstić information content (AvgIpc) is 3.33. The summed E-state index contributed by atoms with van der Waals surface area (Å²) >= 11 is 0. The maximum Gasteiger partial charge on any atom is 0.269 e.